The lowest BCUT2D eigenvalue weighted by Crippen LogP contribution is -2.11. The minimum Gasteiger partial charge on any atom is -0.422 e. The SMILES string of the molecule is O=C1Oc2ccc(N=Nc3ccc(S(=O)(=O)O)cc3)cc2C=Nc2ccccc21. The number of ether oxygens (including phenoxy) is 1. The average molecular weight is 407 g/mol. The predicted molar refractivity (Wildman–Crippen MR) is 106 cm³/mol. The fraction of sp³-hybridized carbons (Fsp3) is 0. The molecule has 0 bridgehead atoms. The van der Waals surface area contributed by atoms with Gasteiger partial charge >= 0.3 is 5.97 Å². The number of carbonyl (C=O) groups excluding carboxylic acids is 1. The molecule has 144 valence electrons. The standard InChI is InChI=1S/C20H13N3O5S/c24-20-17-3-1-2-4-18(17)21-12-13-11-15(7-10-19(13)28-20)23-22-14-5-8-16(9-6-14)29(25,26)27/h1-12H,(H,25,26,27). The molecular formula is C20H13N3O5S. The number of nitrogens with zero attached hydrogens (tertiary/aromatic N) is 3. The van der Waals surface area contributed by atoms with Crippen LogP contribution in [0.3, 0.4) is 0 Å². The van der Waals surface area contributed by atoms with Gasteiger partial charge in [0.2, 0.25) is 0 Å². The predicted octanol–water partition coefficient (Wildman–Crippen LogP) is 4.63. The van der Waals surface area contributed by atoms with Crippen LogP contribution in [0.25, 0.3) is 0 Å². The van der Waals surface area contributed by atoms with Crippen molar-refractivity contribution in [3.63, 3.8) is 0 Å². The maximum absolute atomic E-state index is 12.3. The Hall–Kier alpha value is -3.69. The summed E-state index contributed by atoms with van der Waals surface area (Å²) >= 11 is 0. The topological polar surface area (TPSA) is 118 Å². The molecule has 9 heteroatoms. The minimum atomic E-state index is -4.26. The Morgan fingerprint density at radius 1 is 0.897 bits per heavy atom. The molecule has 0 atom stereocenters. The molecule has 0 unspecified atom stereocenters. The molecule has 0 amide bonds. The quantitative estimate of drug-likeness (QED) is 0.294. The van der Waals surface area contributed by atoms with Crippen LogP contribution in [0.1, 0.15) is 15.9 Å². The number of aliphatic imine (C=N–C) groups is 1. The van der Waals surface area contributed by atoms with Crippen LogP contribution in [0.5, 0.6) is 5.75 Å². The zero-order valence-corrected chi connectivity index (χ0v) is 15.6. The Bertz CT molecular complexity index is 1270. The molecule has 4 rings (SSSR count). The van der Waals surface area contributed by atoms with Gasteiger partial charge in [0.15, 0.2) is 0 Å². The Balaban J connectivity index is 1.62. The van der Waals surface area contributed by atoms with Gasteiger partial charge in [-0.15, -0.1) is 0 Å². The number of benzene rings is 3. The number of hydrogen-bond acceptors (Lipinski definition) is 7. The van der Waals surface area contributed by atoms with Crippen molar-refractivity contribution in [1.82, 2.24) is 0 Å². The number of fused-ring (bicyclic) bond motifs is 2. The summed E-state index contributed by atoms with van der Waals surface area (Å²) in [6.45, 7) is 0. The van der Waals surface area contributed by atoms with E-state index in [0.717, 1.165) is 0 Å². The van der Waals surface area contributed by atoms with Crippen LogP contribution < -0.4 is 4.74 Å². The molecule has 1 aliphatic rings. The second kappa shape index (κ2) is 7.38. The van der Waals surface area contributed by atoms with Gasteiger partial charge in [-0.25, -0.2) is 4.79 Å². The summed E-state index contributed by atoms with van der Waals surface area (Å²) in [6, 6.07) is 17.1. The third-order valence-electron chi connectivity index (χ3n) is 4.08. The van der Waals surface area contributed by atoms with E-state index in [2.05, 4.69) is 15.2 Å². The van der Waals surface area contributed by atoms with Gasteiger partial charge < -0.3 is 4.74 Å². The van der Waals surface area contributed by atoms with Crippen molar-refractivity contribution >= 4 is 39.4 Å². The highest BCUT2D eigenvalue weighted by Gasteiger charge is 2.17. The third kappa shape index (κ3) is 4.10. The van der Waals surface area contributed by atoms with Crippen LogP contribution in [0, 0.1) is 0 Å². The van der Waals surface area contributed by atoms with Gasteiger partial charge in [0.05, 0.1) is 27.5 Å². The van der Waals surface area contributed by atoms with Crippen molar-refractivity contribution in [3.8, 4) is 5.75 Å². The lowest BCUT2D eigenvalue weighted by atomic mass is 10.1. The number of esters is 1. The van der Waals surface area contributed by atoms with Crippen LogP contribution >= 0.6 is 0 Å². The second-order valence-corrected chi connectivity index (χ2v) is 7.48. The minimum absolute atomic E-state index is 0.226. The van der Waals surface area contributed by atoms with Crippen molar-refractivity contribution in [3.05, 3.63) is 77.9 Å². The highest BCUT2D eigenvalue weighted by molar-refractivity contribution is 7.85. The lowest BCUT2D eigenvalue weighted by molar-refractivity contribution is 0.0735. The van der Waals surface area contributed by atoms with Crippen molar-refractivity contribution in [2.45, 2.75) is 4.90 Å². The molecular weight excluding hydrogens is 394 g/mol. The van der Waals surface area contributed by atoms with Crippen LogP contribution in [-0.2, 0) is 10.1 Å². The zero-order chi connectivity index (χ0) is 20.4. The summed E-state index contributed by atoms with van der Waals surface area (Å²) in [5.41, 5.74) is 2.34. The smallest absolute Gasteiger partial charge is 0.345 e. The van der Waals surface area contributed by atoms with Crippen LogP contribution in [0.4, 0.5) is 17.1 Å². The van der Waals surface area contributed by atoms with Gasteiger partial charge in [0.25, 0.3) is 10.1 Å². The van der Waals surface area contributed by atoms with E-state index in [0.29, 0.717) is 33.9 Å². The van der Waals surface area contributed by atoms with Gasteiger partial charge in [-0.05, 0) is 54.6 Å². The maximum atomic E-state index is 12.3. The number of rotatable bonds is 3. The normalized spacial score (nSPS) is 13.3. The summed E-state index contributed by atoms with van der Waals surface area (Å²) in [4.78, 5) is 16.4. The summed E-state index contributed by atoms with van der Waals surface area (Å²) in [5, 5.41) is 8.14. The van der Waals surface area contributed by atoms with Gasteiger partial charge in [-0.1, -0.05) is 12.1 Å². The Morgan fingerprint density at radius 3 is 2.34 bits per heavy atom. The van der Waals surface area contributed by atoms with Crippen molar-refractivity contribution < 1.29 is 22.5 Å². The van der Waals surface area contributed by atoms with Gasteiger partial charge in [0.1, 0.15) is 5.75 Å². The van der Waals surface area contributed by atoms with Crippen molar-refractivity contribution in [2.24, 2.45) is 15.2 Å². The molecule has 0 aromatic heterocycles. The van der Waals surface area contributed by atoms with E-state index < -0.39 is 16.1 Å². The van der Waals surface area contributed by atoms with Crippen LogP contribution in [0.15, 0.2) is 86.8 Å². The summed E-state index contributed by atoms with van der Waals surface area (Å²) in [5.74, 6) is -0.142. The molecule has 3 aromatic rings. The monoisotopic (exact) mass is 407 g/mol. The molecule has 1 heterocycles. The third-order valence-corrected chi connectivity index (χ3v) is 4.95. The molecule has 0 aliphatic carbocycles. The molecule has 0 spiro atoms. The molecule has 29 heavy (non-hydrogen) atoms. The molecule has 3 aromatic carbocycles. The largest absolute Gasteiger partial charge is 0.422 e. The summed E-state index contributed by atoms with van der Waals surface area (Å²) in [6.07, 6.45) is 1.58. The fourth-order valence-corrected chi connectivity index (χ4v) is 3.12. The molecule has 1 N–H and O–H groups in total. The van der Waals surface area contributed by atoms with Gasteiger partial charge in [-0.3, -0.25) is 9.55 Å². The maximum Gasteiger partial charge on any atom is 0.345 e. The van der Waals surface area contributed by atoms with Gasteiger partial charge in [0, 0.05) is 11.8 Å². The van der Waals surface area contributed by atoms with Crippen LogP contribution in [-0.4, -0.2) is 25.2 Å². The first-order chi connectivity index (χ1) is 13.9. The highest BCUT2D eigenvalue weighted by atomic mass is 32.2. The van der Waals surface area contributed by atoms with E-state index >= 15 is 0 Å². The fourth-order valence-electron chi connectivity index (χ4n) is 2.64. The molecule has 0 fully saturated rings. The second-order valence-electron chi connectivity index (χ2n) is 6.06. The Labute approximate surface area is 166 Å². The van der Waals surface area contributed by atoms with Crippen molar-refractivity contribution in [1.29, 1.82) is 0 Å². The molecule has 0 radical (unpaired) electrons. The van der Waals surface area contributed by atoms with E-state index in [1.807, 2.05) is 0 Å². The lowest BCUT2D eigenvalue weighted by Gasteiger charge is -2.12. The first kappa shape index (κ1) is 18.7. The van der Waals surface area contributed by atoms with E-state index in [1.54, 1.807) is 48.7 Å². The number of azo groups is 1. The Morgan fingerprint density at radius 2 is 1.59 bits per heavy atom. The highest BCUT2D eigenvalue weighted by Crippen LogP contribution is 2.30. The van der Waals surface area contributed by atoms with E-state index in [-0.39, 0.29) is 4.90 Å². The average Bonchev–Trinajstić information content (AvgIpc) is 2.70. The molecule has 1 aliphatic heterocycles. The van der Waals surface area contributed by atoms with E-state index in [9.17, 15) is 13.2 Å². The van der Waals surface area contributed by atoms with E-state index in [1.165, 1.54) is 24.3 Å². The summed E-state index contributed by atoms with van der Waals surface area (Å²) < 4.78 is 36.6. The number of carbonyl (C=O) groups is 1. The number of para-hydroxylation sites is 1. The number of hydrogen-bond donors (Lipinski definition) is 1. The Kier molecular flexibility index (Phi) is 4.75. The molecule has 0 saturated carbocycles. The summed E-state index contributed by atoms with van der Waals surface area (Å²) in [7, 11) is -4.26. The van der Waals surface area contributed by atoms with E-state index in [4.69, 9.17) is 9.29 Å². The zero-order valence-electron chi connectivity index (χ0n) is 14.8. The first-order valence-corrected chi connectivity index (χ1v) is 9.83. The van der Waals surface area contributed by atoms with Gasteiger partial charge in [-0.2, -0.15) is 18.6 Å². The van der Waals surface area contributed by atoms with Crippen LogP contribution in [0.2, 0.25) is 0 Å². The van der Waals surface area contributed by atoms with Crippen molar-refractivity contribution in [2.75, 3.05) is 0 Å². The first-order valence-electron chi connectivity index (χ1n) is 8.39. The molecule has 8 nitrogen and oxygen atoms in total. The molecule has 0 saturated heterocycles.